The summed E-state index contributed by atoms with van der Waals surface area (Å²) in [6.45, 7) is 8.91. The monoisotopic (exact) mass is 442 g/mol. The average Bonchev–Trinajstić information content (AvgIpc) is 3.10. The van der Waals surface area contributed by atoms with E-state index in [-0.39, 0.29) is 11.7 Å². The van der Waals surface area contributed by atoms with Crippen LogP contribution in [0.2, 0.25) is 5.02 Å². The fraction of sp³-hybridized carbons (Fsp3) is 0.348. The molecule has 0 aliphatic heterocycles. The number of thioether (sulfide) groups is 1. The topological polar surface area (TPSA) is 59.8 Å². The number of nitrogens with zero attached hydrogens (tertiary/aromatic N) is 3. The van der Waals surface area contributed by atoms with E-state index in [0.717, 1.165) is 57.8 Å². The Kier molecular flexibility index (Phi) is 7.56. The Morgan fingerprint density at radius 1 is 1.10 bits per heavy atom. The van der Waals surface area contributed by atoms with E-state index in [1.165, 1.54) is 17.3 Å². The lowest BCUT2D eigenvalue weighted by atomic mass is 10.1. The molecule has 0 aliphatic rings. The highest BCUT2D eigenvalue weighted by Gasteiger charge is 2.15. The van der Waals surface area contributed by atoms with Crippen molar-refractivity contribution in [1.29, 1.82) is 0 Å². The van der Waals surface area contributed by atoms with Gasteiger partial charge in [-0.2, -0.15) is 0 Å². The summed E-state index contributed by atoms with van der Waals surface area (Å²) < 4.78 is 2.07. The van der Waals surface area contributed by atoms with Crippen LogP contribution < -0.4 is 5.32 Å². The number of carbonyl (C=O) groups excluding carboxylic acids is 1. The molecule has 0 atom stereocenters. The third-order valence-electron chi connectivity index (χ3n) is 4.96. The number of amides is 1. The van der Waals surface area contributed by atoms with E-state index in [9.17, 15) is 4.79 Å². The Labute approximate surface area is 187 Å². The van der Waals surface area contributed by atoms with Crippen molar-refractivity contribution < 1.29 is 4.79 Å². The Bertz CT molecular complexity index is 1020. The Hall–Kier alpha value is -2.31. The van der Waals surface area contributed by atoms with Crippen LogP contribution in [-0.2, 0) is 24.2 Å². The van der Waals surface area contributed by atoms with E-state index in [1.54, 1.807) is 0 Å². The molecule has 158 valence electrons. The van der Waals surface area contributed by atoms with Crippen LogP contribution in [0.15, 0.2) is 41.6 Å². The molecule has 0 saturated heterocycles. The Morgan fingerprint density at radius 3 is 2.47 bits per heavy atom. The van der Waals surface area contributed by atoms with Crippen molar-refractivity contribution in [2.75, 3.05) is 11.1 Å². The zero-order chi connectivity index (χ0) is 21.7. The summed E-state index contributed by atoms with van der Waals surface area (Å²) in [7, 11) is 0. The van der Waals surface area contributed by atoms with Crippen LogP contribution in [0.4, 0.5) is 5.69 Å². The lowest BCUT2D eigenvalue weighted by Crippen LogP contribution is -2.16. The summed E-state index contributed by atoms with van der Waals surface area (Å²) in [4.78, 5) is 12.5. The lowest BCUT2D eigenvalue weighted by molar-refractivity contribution is -0.113. The molecule has 0 aliphatic carbocycles. The Balaban J connectivity index is 1.62. The van der Waals surface area contributed by atoms with Crippen molar-refractivity contribution in [3.63, 3.8) is 0 Å². The number of aromatic nitrogens is 3. The zero-order valence-corrected chi connectivity index (χ0v) is 19.4. The van der Waals surface area contributed by atoms with Crippen molar-refractivity contribution in [2.45, 2.75) is 52.2 Å². The van der Waals surface area contributed by atoms with Gasteiger partial charge in [0, 0.05) is 23.7 Å². The average molecular weight is 443 g/mol. The molecular formula is C23H27ClN4OS. The van der Waals surface area contributed by atoms with Crippen molar-refractivity contribution >= 4 is 35.0 Å². The first-order valence-corrected chi connectivity index (χ1v) is 11.4. The summed E-state index contributed by atoms with van der Waals surface area (Å²) >= 11 is 7.67. The number of hydrogen-bond acceptors (Lipinski definition) is 4. The number of aryl methyl sites for hydroxylation is 5. The van der Waals surface area contributed by atoms with Crippen molar-refractivity contribution in [3.05, 3.63) is 69.5 Å². The molecule has 3 rings (SSSR count). The molecule has 0 bridgehead atoms. The van der Waals surface area contributed by atoms with E-state index >= 15 is 0 Å². The van der Waals surface area contributed by atoms with Gasteiger partial charge in [0.1, 0.15) is 5.82 Å². The molecule has 2 aromatic carbocycles. The van der Waals surface area contributed by atoms with Gasteiger partial charge >= 0.3 is 0 Å². The van der Waals surface area contributed by atoms with Gasteiger partial charge in [-0.1, -0.05) is 59.3 Å². The van der Waals surface area contributed by atoms with Crippen LogP contribution >= 0.6 is 23.4 Å². The van der Waals surface area contributed by atoms with Gasteiger partial charge in [-0.25, -0.2) is 0 Å². The van der Waals surface area contributed by atoms with Crippen LogP contribution in [0.1, 0.15) is 35.0 Å². The third-order valence-corrected chi connectivity index (χ3v) is 6.29. The molecular weight excluding hydrogens is 416 g/mol. The minimum absolute atomic E-state index is 0.0432. The zero-order valence-electron chi connectivity index (χ0n) is 17.8. The quantitative estimate of drug-likeness (QED) is 0.475. The molecule has 0 fully saturated rings. The predicted molar refractivity (Wildman–Crippen MR) is 125 cm³/mol. The maximum Gasteiger partial charge on any atom is 0.234 e. The molecule has 1 heterocycles. The first kappa shape index (κ1) is 22.4. The van der Waals surface area contributed by atoms with Gasteiger partial charge in [0.2, 0.25) is 5.91 Å². The maximum atomic E-state index is 12.5. The van der Waals surface area contributed by atoms with E-state index in [1.807, 2.05) is 38.1 Å². The number of rotatable bonds is 8. The second-order valence-corrected chi connectivity index (χ2v) is 8.69. The van der Waals surface area contributed by atoms with Crippen molar-refractivity contribution in [1.82, 2.24) is 14.8 Å². The van der Waals surface area contributed by atoms with E-state index < -0.39 is 0 Å². The molecule has 0 radical (unpaired) electrons. The number of carbonyl (C=O) groups is 1. The molecule has 0 saturated carbocycles. The van der Waals surface area contributed by atoms with Gasteiger partial charge in [0.15, 0.2) is 5.16 Å². The summed E-state index contributed by atoms with van der Waals surface area (Å²) in [5.41, 5.74) is 5.33. The molecule has 3 aromatic rings. The second kappa shape index (κ2) is 10.1. The number of nitrogens with one attached hydrogen (secondary N) is 1. The second-order valence-electron chi connectivity index (χ2n) is 7.35. The van der Waals surface area contributed by atoms with Crippen LogP contribution in [0.3, 0.4) is 0 Å². The minimum atomic E-state index is -0.0432. The Morgan fingerprint density at radius 2 is 1.80 bits per heavy atom. The first-order valence-electron chi connectivity index (χ1n) is 10.0. The summed E-state index contributed by atoms with van der Waals surface area (Å²) in [5, 5.41) is 13.2. The van der Waals surface area contributed by atoms with Gasteiger partial charge in [0.05, 0.1) is 5.75 Å². The van der Waals surface area contributed by atoms with Crippen LogP contribution in [0, 0.1) is 20.8 Å². The smallest absolute Gasteiger partial charge is 0.234 e. The van der Waals surface area contributed by atoms with Crippen molar-refractivity contribution in [3.8, 4) is 0 Å². The van der Waals surface area contributed by atoms with Crippen molar-refractivity contribution in [2.24, 2.45) is 0 Å². The van der Waals surface area contributed by atoms with E-state index in [2.05, 4.69) is 46.1 Å². The molecule has 5 nitrogen and oxygen atoms in total. The normalized spacial score (nSPS) is 11.0. The highest BCUT2D eigenvalue weighted by molar-refractivity contribution is 7.99. The van der Waals surface area contributed by atoms with E-state index in [4.69, 9.17) is 11.6 Å². The fourth-order valence-corrected chi connectivity index (χ4v) is 4.61. The van der Waals surface area contributed by atoms with Gasteiger partial charge in [-0.05, 0) is 56.9 Å². The predicted octanol–water partition coefficient (Wildman–Crippen LogP) is 5.39. The molecule has 1 N–H and O–H groups in total. The van der Waals surface area contributed by atoms with Crippen LogP contribution in [-0.4, -0.2) is 26.4 Å². The minimum Gasteiger partial charge on any atom is -0.325 e. The standard InChI is InChI=1S/C23H27ClN4OS/c1-5-28-20(11-10-18-8-6-7-9-19(18)24)26-27-23(28)30-14-21(29)25-22-16(3)12-15(2)13-17(22)4/h6-9,12-13H,5,10-11,14H2,1-4H3,(H,25,29). The molecule has 1 amide bonds. The summed E-state index contributed by atoms with van der Waals surface area (Å²) in [6, 6.07) is 12.0. The molecule has 0 spiro atoms. The van der Waals surface area contributed by atoms with Gasteiger partial charge in [-0.3, -0.25) is 4.79 Å². The molecule has 30 heavy (non-hydrogen) atoms. The SMILES string of the molecule is CCn1c(CCc2ccccc2Cl)nnc1SCC(=O)Nc1c(C)cc(C)cc1C. The highest BCUT2D eigenvalue weighted by atomic mass is 35.5. The van der Waals surface area contributed by atoms with Gasteiger partial charge in [-0.15, -0.1) is 10.2 Å². The fourth-order valence-electron chi connectivity index (χ4n) is 3.56. The number of halogens is 1. The maximum absolute atomic E-state index is 12.5. The van der Waals surface area contributed by atoms with Gasteiger partial charge in [0.25, 0.3) is 0 Å². The molecule has 1 aromatic heterocycles. The van der Waals surface area contributed by atoms with Crippen LogP contribution in [0.25, 0.3) is 0 Å². The largest absolute Gasteiger partial charge is 0.325 e. The number of hydrogen-bond donors (Lipinski definition) is 1. The first-order chi connectivity index (χ1) is 14.4. The third kappa shape index (κ3) is 5.43. The number of benzene rings is 2. The van der Waals surface area contributed by atoms with Gasteiger partial charge < -0.3 is 9.88 Å². The summed E-state index contributed by atoms with van der Waals surface area (Å²) in [5.74, 6) is 1.15. The lowest BCUT2D eigenvalue weighted by Gasteiger charge is -2.13. The molecule has 0 unspecified atom stereocenters. The van der Waals surface area contributed by atoms with E-state index in [0.29, 0.717) is 0 Å². The van der Waals surface area contributed by atoms with Crippen LogP contribution in [0.5, 0.6) is 0 Å². The molecule has 7 heteroatoms. The summed E-state index contributed by atoms with van der Waals surface area (Å²) in [6.07, 6.45) is 1.55. The highest BCUT2D eigenvalue weighted by Crippen LogP contribution is 2.24. The number of anilines is 1.